The predicted octanol–water partition coefficient (Wildman–Crippen LogP) is 14.7. The summed E-state index contributed by atoms with van der Waals surface area (Å²) in [5, 5.41) is 0. The fourth-order valence-corrected chi connectivity index (χ4v) is 9.73. The maximum atomic E-state index is 12.4. The predicted molar refractivity (Wildman–Crippen MR) is 212 cm³/mol. The van der Waals surface area contributed by atoms with Crippen molar-refractivity contribution in [3.05, 3.63) is 112 Å². The van der Waals surface area contributed by atoms with Gasteiger partial charge in [0.2, 0.25) is 0 Å². The number of rotatable bonds is 21. The quantitative estimate of drug-likeness (QED) is 0.0564. The van der Waals surface area contributed by atoms with Crippen molar-refractivity contribution in [2.75, 3.05) is 4.90 Å². The maximum absolute atomic E-state index is 12.4. The van der Waals surface area contributed by atoms with Crippen LogP contribution in [0.1, 0.15) is 110 Å². The summed E-state index contributed by atoms with van der Waals surface area (Å²) in [6.45, 7) is 4.55. The van der Waals surface area contributed by atoms with Crippen molar-refractivity contribution in [2.45, 2.75) is 113 Å². The fraction of sp³-hybridized carbons (Fsp3) is 0.372. The SMILES string of the molecule is CCCCCCCCc1cc(-c2cc(CCCCCCCC)sc2Sc2ccc(N(c3ccccc3)c3ccccc3)cc2)c(C=O)s1. The van der Waals surface area contributed by atoms with Crippen molar-refractivity contribution in [1.82, 2.24) is 0 Å². The number of aryl methyl sites for hydroxylation is 2. The highest BCUT2D eigenvalue weighted by Crippen LogP contribution is 2.46. The second-order valence-electron chi connectivity index (χ2n) is 12.7. The van der Waals surface area contributed by atoms with Crippen molar-refractivity contribution in [3.8, 4) is 11.1 Å². The molecule has 0 unspecified atom stereocenters. The molecule has 0 bridgehead atoms. The molecule has 0 spiro atoms. The molecule has 0 saturated carbocycles. The van der Waals surface area contributed by atoms with Crippen molar-refractivity contribution < 1.29 is 4.79 Å². The van der Waals surface area contributed by atoms with Crippen LogP contribution in [0.15, 0.2) is 106 Å². The summed E-state index contributed by atoms with van der Waals surface area (Å²) >= 11 is 5.46. The molecule has 0 aliphatic heterocycles. The molecule has 0 aliphatic carbocycles. The highest BCUT2D eigenvalue weighted by molar-refractivity contribution is 8.01. The Bertz CT molecular complexity index is 1600. The van der Waals surface area contributed by atoms with Gasteiger partial charge in [-0.2, -0.15) is 0 Å². The van der Waals surface area contributed by atoms with Crippen LogP contribution in [0, 0.1) is 0 Å². The average Bonchev–Trinajstić information content (AvgIpc) is 3.73. The number of hydrogen-bond donors (Lipinski definition) is 0. The Morgan fingerprint density at radius 2 is 1.04 bits per heavy atom. The number of hydrogen-bond acceptors (Lipinski definition) is 5. The van der Waals surface area contributed by atoms with E-state index >= 15 is 0 Å². The van der Waals surface area contributed by atoms with E-state index in [-0.39, 0.29) is 0 Å². The molecule has 0 atom stereocenters. The minimum atomic E-state index is 0.874. The second kappa shape index (κ2) is 19.8. The van der Waals surface area contributed by atoms with E-state index in [1.54, 1.807) is 11.3 Å². The number of unbranched alkanes of at least 4 members (excludes halogenated alkanes) is 10. The first-order valence-corrected chi connectivity index (χ1v) is 20.5. The normalized spacial score (nSPS) is 11.2. The van der Waals surface area contributed by atoms with Gasteiger partial charge in [0.1, 0.15) is 0 Å². The minimum absolute atomic E-state index is 0.874. The van der Waals surface area contributed by atoms with E-state index in [0.29, 0.717) is 0 Å². The molecular weight excluding hydrogens is 643 g/mol. The lowest BCUT2D eigenvalue weighted by Crippen LogP contribution is -2.09. The zero-order valence-corrected chi connectivity index (χ0v) is 31.2. The molecule has 48 heavy (non-hydrogen) atoms. The van der Waals surface area contributed by atoms with Gasteiger partial charge in [0.15, 0.2) is 6.29 Å². The Hall–Kier alpha value is -3.12. The van der Waals surface area contributed by atoms with Gasteiger partial charge in [-0.15, -0.1) is 22.7 Å². The van der Waals surface area contributed by atoms with Crippen LogP contribution < -0.4 is 4.90 Å². The van der Waals surface area contributed by atoms with Crippen molar-refractivity contribution in [3.63, 3.8) is 0 Å². The third-order valence-corrected chi connectivity index (χ3v) is 12.4. The van der Waals surface area contributed by atoms with E-state index < -0.39 is 0 Å². The van der Waals surface area contributed by atoms with Crippen molar-refractivity contribution >= 4 is 57.8 Å². The molecule has 0 fully saturated rings. The Morgan fingerprint density at radius 3 is 1.58 bits per heavy atom. The molecular formula is C43H51NOS3. The summed E-state index contributed by atoms with van der Waals surface area (Å²) in [6, 6.07) is 34.8. The Balaban J connectivity index is 1.37. The highest BCUT2D eigenvalue weighted by Gasteiger charge is 2.19. The molecule has 2 heterocycles. The maximum Gasteiger partial charge on any atom is 0.160 e. The topological polar surface area (TPSA) is 20.3 Å². The monoisotopic (exact) mass is 693 g/mol. The first-order chi connectivity index (χ1) is 23.7. The second-order valence-corrected chi connectivity index (χ2v) is 16.3. The summed E-state index contributed by atoms with van der Waals surface area (Å²) in [5.74, 6) is 0. The number of nitrogens with zero attached hydrogens (tertiary/aromatic N) is 1. The van der Waals surface area contributed by atoms with Crippen molar-refractivity contribution in [1.29, 1.82) is 0 Å². The lowest BCUT2D eigenvalue weighted by Gasteiger charge is -2.25. The Labute approximate surface area is 301 Å². The van der Waals surface area contributed by atoms with Crippen LogP contribution in [0.3, 0.4) is 0 Å². The van der Waals surface area contributed by atoms with Crippen LogP contribution in [-0.2, 0) is 12.8 Å². The molecule has 2 aromatic heterocycles. The van der Waals surface area contributed by atoms with Crippen LogP contribution in [0.25, 0.3) is 11.1 Å². The molecule has 0 saturated heterocycles. The molecule has 252 valence electrons. The zero-order valence-electron chi connectivity index (χ0n) is 28.8. The number of thiophene rings is 2. The van der Waals surface area contributed by atoms with Gasteiger partial charge in [-0.1, -0.05) is 126 Å². The minimum Gasteiger partial charge on any atom is -0.311 e. The van der Waals surface area contributed by atoms with Gasteiger partial charge in [-0.05, 0) is 86.3 Å². The van der Waals surface area contributed by atoms with Crippen molar-refractivity contribution in [2.24, 2.45) is 0 Å². The Kier molecular flexibility index (Phi) is 14.9. The number of para-hydroxylation sites is 2. The molecule has 0 N–H and O–H groups in total. The summed E-state index contributed by atoms with van der Waals surface area (Å²) < 4.78 is 1.29. The number of aldehydes is 1. The van der Waals surface area contributed by atoms with E-state index in [1.165, 1.54) is 101 Å². The molecule has 2 nitrogen and oxygen atoms in total. The van der Waals surface area contributed by atoms with E-state index in [2.05, 4.69) is 116 Å². The number of carbonyl (C=O) groups excluding carboxylic acids is 1. The number of anilines is 3. The Morgan fingerprint density at radius 1 is 0.562 bits per heavy atom. The van der Waals surface area contributed by atoms with E-state index in [1.807, 2.05) is 23.1 Å². The molecule has 5 heteroatoms. The largest absolute Gasteiger partial charge is 0.311 e. The standard InChI is InChI=1S/C43H51NOS3/c1-3-5-7-9-11-19-25-38-31-40(42(33-45)46-38)41-32-39(26-20-12-10-8-6-4-2)48-43(41)47-37-29-27-36(28-30-37)44(34-21-15-13-16-22-34)35-23-17-14-18-24-35/h13-18,21-24,27-33H,3-12,19-20,25-26H2,1-2H3. The molecule has 0 radical (unpaired) electrons. The third-order valence-electron chi connectivity index (χ3n) is 8.85. The fourth-order valence-electron chi connectivity index (χ4n) is 6.22. The van der Waals surface area contributed by atoms with Gasteiger partial charge in [0.05, 0.1) is 9.09 Å². The van der Waals surface area contributed by atoms with E-state index in [4.69, 9.17) is 0 Å². The van der Waals surface area contributed by atoms with E-state index in [0.717, 1.165) is 46.6 Å². The van der Waals surface area contributed by atoms with Gasteiger partial charge in [-0.25, -0.2) is 0 Å². The van der Waals surface area contributed by atoms with Gasteiger partial charge >= 0.3 is 0 Å². The summed E-state index contributed by atoms with van der Waals surface area (Å²) in [5.41, 5.74) is 5.77. The molecule has 5 rings (SSSR count). The van der Waals surface area contributed by atoms with Crippen LogP contribution in [0.4, 0.5) is 17.1 Å². The zero-order chi connectivity index (χ0) is 33.4. The smallest absolute Gasteiger partial charge is 0.160 e. The number of benzene rings is 3. The lowest BCUT2D eigenvalue weighted by atomic mass is 10.1. The summed E-state index contributed by atoms with van der Waals surface area (Å²) in [6.07, 6.45) is 18.8. The first kappa shape index (κ1) is 36.2. The highest BCUT2D eigenvalue weighted by atomic mass is 32.2. The van der Waals surface area contributed by atoms with Crippen LogP contribution in [0.2, 0.25) is 0 Å². The molecule has 3 aromatic carbocycles. The van der Waals surface area contributed by atoms with Crippen LogP contribution >= 0.6 is 34.4 Å². The van der Waals surface area contributed by atoms with Crippen LogP contribution in [-0.4, -0.2) is 6.29 Å². The van der Waals surface area contributed by atoms with Crippen LogP contribution in [0.5, 0.6) is 0 Å². The molecule has 0 aliphatic rings. The molecule has 0 amide bonds. The van der Waals surface area contributed by atoms with Gasteiger partial charge in [0.25, 0.3) is 0 Å². The summed E-state index contributed by atoms with van der Waals surface area (Å²) in [4.78, 5) is 19.5. The van der Waals surface area contributed by atoms with Gasteiger partial charge < -0.3 is 4.90 Å². The molecule has 5 aromatic rings. The first-order valence-electron chi connectivity index (χ1n) is 18.1. The number of carbonyl (C=O) groups is 1. The summed E-state index contributed by atoms with van der Waals surface area (Å²) in [7, 11) is 0. The lowest BCUT2D eigenvalue weighted by molar-refractivity contribution is 0.112. The van der Waals surface area contributed by atoms with Gasteiger partial charge in [0, 0.05) is 42.8 Å². The average molecular weight is 694 g/mol. The van der Waals surface area contributed by atoms with Gasteiger partial charge in [-0.3, -0.25) is 4.79 Å². The van der Waals surface area contributed by atoms with E-state index in [9.17, 15) is 4.79 Å². The third kappa shape index (κ3) is 10.4.